The Balaban J connectivity index is 2.47. The van der Waals surface area contributed by atoms with E-state index in [1.165, 1.54) is 25.9 Å². The topological polar surface area (TPSA) is 29.3 Å². The van der Waals surface area contributed by atoms with Crippen molar-refractivity contribution in [3.63, 3.8) is 0 Å². The van der Waals surface area contributed by atoms with Gasteiger partial charge in [0.25, 0.3) is 0 Å². The first-order valence-corrected chi connectivity index (χ1v) is 7.27. The average Bonchev–Trinajstić information content (AvgIpc) is 2.24. The Hall–Kier alpha value is -0.150. The summed E-state index contributed by atoms with van der Waals surface area (Å²) in [6.07, 6.45) is 4.66. The highest BCUT2D eigenvalue weighted by Crippen LogP contribution is 2.35. The monoisotopic (exact) mass is 256 g/mol. The third-order valence-electron chi connectivity index (χ3n) is 4.18. The molecule has 3 heteroatoms. The second kappa shape index (κ2) is 6.14. The molecule has 0 saturated carbocycles. The fourth-order valence-electron chi connectivity index (χ4n) is 2.89. The molecule has 0 aromatic carbocycles. The molecule has 0 aromatic heterocycles. The van der Waals surface area contributed by atoms with E-state index in [0.29, 0.717) is 16.4 Å². The van der Waals surface area contributed by atoms with Gasteiger partial charge in [0.05, 0.1) is 4.99 Å². The third kappa shape index (κ3) is 4.55. The molecule has 0 spiro atoms. The van der Waals surface area contributed by atoms with Gasteiger partial charge in [-0.15, -0.1) is 0 Å². The fourth-order valence-corrected chi connectivity index (χ4v) is 3.09. The van der Waals surface area contributed by atoms with Gasteiger partial charge in [0.1, 0.15) is 0 Å². The van der Waals surface area contributed by atoms with Crippen molar-refractivity contribution in [2.75, 3.05) is 13.1 Å². The van der Waals surface area contributed by atoms with Gasteiger partial charge in [-0.3, -0.25) is 4.90 Å². The second-order valence-electron chi connectivity index (χ2n) is 6.41. The molecule has 17 heavy (non-hydrogen) atoms. The first kappa shape index (κ1) is 14.9. The van der Waals surface area contributed by atoms with Crippen LogP contribution in [0.2, 0.25) is 0 Å². The van der Waals surface area contributed by atoms with Crippen LogP contribution in [0.5, 0.6) is 0 Å². The zero-order chi connectivity index (χ0) is 13.1. The summed E-state index contributed by atoms with van der Waals surface area (Å²) in [4.78, 5) is 3.25. The fraction of sp³-hybridized carbons (Fsp3) is 0.929. The van der Waals surface area contributed by atoms with Crippen molar-refractivity contribution in [2.45, 2.75) is 59.4 Å². The summed E-state index contributed by atoms with van der Waals surface area (Å²) < 4.78 is 0. The molecule has 1 unspecified atom stereocenters. The minimum atomic E-state index is 0.455. The normalized spacial score (nSPS) is 21.4. The minimum absolute atomic E-state index is 0.455. The Bertz CT molecular complexity index is 249. The maximum atomic E-state index is 5.68. The number of piperidine rings is 1. The Morgan fingerprint density at radius 2 is 1.88 bits per heavy atom. The molecule has 0 aromatic rings. The highest BCUT2D eigenvalue weighted by Gasteiger charge is 2.30. The Morgan fingerprint density at radius 3 is 2.24 bits per heavy atom. The largest absolute Gasteiger partial charge is 0.393 e. The smallest absolute Gasteiger partial charge is 0.0743 e. The van der Waals surface area contributed by atoms with Crippen molar-refractivity contribution < 1.29 is 0 Å². The van der Waals surface area contributed by atoms with Gasteiger partial charge in [-0.05, 0) is 43.7 Å². The van der Waals surface area contributed by atoms with Gasteiger partial charge in [0.2, 0.25) is 0 Å². The van der Waals surface area contributed by atoms with Crippen LogP contribution >= 0.6 is 12.2 Å². The zero-order valence-corrected chi connectivity index (χ0v) is 12.6. The van der Waals surface area contributed by atoms with Crippen LogP contribution in [0.25, 0.3) is 0 Å². The van der Waals surface area contributed by atoms with E-state index < -0.39 is 0 Å². The van der Waals surface area contributed by atoms with Crippen LogP contribution in [0.1, 0.15) is 53.4 Å². The predicted octanol–water partition coefficient (Wildman–Crippen LogP) is 3.20. The molecule has 2 N–H and O–H groups in total. The quantitative estimate of drug-likeness (QED) is 0.783. The van der Waals surface area contributed by atoms with Gasteiger partial charge < -0.3 is 5.73 Å². The number of thiocarbonyl (C=S) groups is 1. The maximum absolute atomic E-state index is 5.68. The molecule has 1 fully saturated rings. The van der Waals surface area contributed by atoms with Crippen LogP contribution in [-0.2, 0) is 0 Å². The first-order valence-electron chi connectivity index (χ1n) is 6.87. The Morgan fingerprint density at radius 1 is 1.35 bits per heavy atom. The van der Waals surface area contributed by atoms with Gasteiger partial charge in [-0.1, -0.05) is 39.9 Å². The molecule has 1 heterocycles. The lowest BCUT2D eigenvalue weighted by molar-refractivity contribution is 0.0831. The standard InChI is InChI=1S/C14H28N2S/c1-5-12(10-13(15)17)16-8-6-11(7-9-16)14(2,3)4/h11-12H,5-10H2,1-4H3,(H2,15,17). The van der Waals surface area contributed by atoms with E-state index in [9.17, 15) is 0 Å². The number of hydrogen-bond acceptors (Lipinski definition) is 2. The minimum Gasteiger partial charge on any atom is -0.393 e. The van der Waals surface area contributed by atoms with Crippen molar-refractivity contribution in [3.05, 3.63) is 0 Å². The molecule has 100 valence electrons. The lowest BCUT2D eigenvalue weighted by Gasteiger charge is -2.41. The Labute approximate surface area is 112 Å². The van der Waals surface area contributed by atoms with Gasteiger partial charge in [-0.25, -0.2) is 0 Å². The molecule has 0 amide bonds. The molecule has 1 rings (SSSR count). The van der Waals surface area contributed by atoms with Crippen LogP contribution in [0, 0.1) is 11.3 Å². The third-order valence-corrected chi connectivity index (χ3v) is 4.35. The number of rotatable bonds is 4. The summed E-state index contributed by atoms with van der Waals surface area (Å²) in [5.41, 5.74) is 6.13. The molecule has 2 nitrogen and oxygen atoms in total. The van der Waals surface area contributed by atoms with Crippen LogP contribution in [0.15, 0.2) is 0 Å². The van der Waals surface area contributed by atoms with E-state index in [1.54, 1.807) is 0 Å². The maximum Gasteiger partial charge on any atom is 0.0743 e. The zero-order valence-electron chi connectivity index (χ0n) is 11.8. The number of hydrogen-bond donors (Lipinski definition) is 1. The number of nitrogens with zero attached hydrogens (tertiary/aromatic N) is 1. The number of nitrogens with two attached hydrogens (primary N) is 1. The highest BCUT2D eigenvalue weighted by molar-refractivity contribution is 7.80. The van der Waals surface area contributed by atoms with E-state index in [0.717, 1.165) is 18.8 Å². The van der Waals surface area contributed by atoms with Crippen molar-refractivity contribution in [2.24, 2.45) is 17.1 Å². The van der Waals surface area contributed by atoms with E-state index in [-0.39, 0.29) is 0 Å². The summed E-state index contributed by atoms with van der Waals surface area (Å²) in [6, 6.07) is 0.563. The average molecular weight is 256 g/mol. The molecule has 0 radical (unpaired) electrons. The molecular weight excluding hydrogens is 228 g/mol. The van der Waals surface area contributed by atoms with E-state index >= 15 is 0 Å². The summed E-state index contributed by atoms with van der Waals surface area (Å²) in [7, 11) is 0. The SMILES string of the molecule is CCC(CC(N)=S)N1CCC(C(C)(C)C)CC1. The van der Waals surface area contributed by atoms with Crippen LogP contribution < -0.4 is 5.73 Å². The van der Waals surface area contributed by atoms with Crippen molar-refractivity contribution in [1.82, 2.24) is 4.90 Å². The summed E-state index contributed by atoms with van der Waals surface area (Å²) >= 11 is 5.04. The lowest BCUT2D eigenvalue weighted by Crippen LogP contribution is -2.44. The van der Waals surface area contributed by atoms with E-state index in [4.69, 9.17) is 18.0 Å². The first-order chi connectivity index (χ1) is 7.84. The summed E-state index contributed by atoms with van der Waals surface area (Å²) in [5, 5.41) is 0. The molecule has 1 aliphatic rings. The molecule has 1 atom stereocenters. The molecule has 0 aliphatic carbocycles. The summed E-state index contributed by atoms with van der Waals surface area (Å²) in [5.74, 6) is 0.862. The Kier molecular flexibility index (Phi) is 5.39. The van der Waals surface area contributed by atoms with Gasteiger partial charge in [0, 0.05) is 12.5 Å². The van der Waals surface area contributed by atoms with Gasteiger partial charge in [0.15, 0.2) is 0 Å². The highest BCUT2D eigenvalue weighted by atomic mass is 32.1. The second-order valence-corrected chi connectivity index (χ2v) is 6.93. The molecule has 1 aliphatic heterocycles. The van der Waals surface area contributed by atoms with Crippen LogP contribution in [0.4, 0.5) is 0 Å². The number of likely N-dealkylation sites (tertiary alicyclic amines) is 1. The lowest BCUT2D eigenvalue weighted by atomic mass is 9.75. The van der Waals surface area contributed by atoms with Crippen molar-refractivity contribution in [1.29, 1.82) is 0 Å². The summed E-state index contributed by atoms with van der Waals surface area (Å²) in [6.45, 7) is 11.7. The van der Waals surface area contributed by atoms with Crippen LogP contribution in [-0.4, -0.2) is 29.0 Å². The molecular formula is C14H28N2S. The van der Waals surface area contributed by atoms with Gasteiger partial charge in [-0.2, -0.15) is 0 Å². The van der Waals surface area contributed by atoms with Gasteiger partial charge >= 0.3 is 0 Å². The van der Waals surface area contributed by atoms with E-state index in [1.807, 2.05) is 0 Å². The molecule has 1 saturated heterocycles. The molecule has 0 bridgehead atoms. The predicted molar refractivity (Wildman–Crippen MR) is 79.2 cm³/mol. The van der Waals surface area contributed by atoms with Crippen molar-refractivity contribution in [3.8, 4) is 0 Å². The van der Waals surface area contributed by atoms with Crippen molar-refractivity contribution >= 4 is 17.2 Å². The van der Waals surface area contributed by atoms with E-state index in [2.05, 4.69) is 32.6 Å². The van der Waals surface area contributed by atoms with Crippen LogP contribution in [0.3, 0.4) is 0 Å².